The van der Waals surface area contributed by atoms with Gasteiger partial charge in [-0.2, -0.15) is 5.10 Å². The Bertz CT molecular complexity index is 1260. The second-order valence-corrected chi connectivity index (χ2v) is 7.80. The number of amides is 2. The first-order chi connectivity index (χ1) is 15.5. The molecule has 1 atom stereocenters. The van der Waals surface area contributed by atoms with Crippen molar-refractivity contribution < 1.29 is 19.1 Å². The lowest BCUT2D eigenvalue weighted by Gasteiger charge is -2.37. The highest BCUT2D eigenvalue weighted by Gasteiger charge is 2.34. The van der Waals surface area contributed by atoms with Gasteiger partial charge in [-0.1, -0.05) is 30.3 Å². The van der Waals surface area contributed by atoms with Crippen LogP contribution in [0.2, 0.25) is 0 Å². The summed E-state index contributed by atoms with van der Waals surface area (Å²) in [5.41, 5.74) is -0.00746. The van der Waals surface area contributed by atoms with Crippen molar-refractivity contribution in [2.24, 2.45) is 7.05 Å². The molecule has 0 aliphatic carbocycles. The van der Waals surface area contributed by atoms with E-state index in [-0.39, 0.29) is 29.7 Å². The van der Waals surface area contributed by atoms with Crippen LogP contribution in [0.25, 0.3) is 10.8 Å². The van der Waals surface area contributed by atoms with E-state index in [0.717, 1.165) is 0 Å². The molecule has 1 saturated heterocycles. The van der Waals surface area contributed by atoms with Crippen molar-refractivity contribution >= 4 is 22.6 Å². The number of piperazine rings is 1. The van der Waals surface area contributed by atoms with Crippen molar-refractivity contribution in [3.8, 4) is 11.5 Å². The molecule has 0 radical (unpaired) electrons. The molecule has 5 rings (SSSR count). The smallest absolute Gasteiger partial charge is 0.275 e. The Kier molecular flexibility index (Phi) is 5.01. The van der Waals surface area contributed by atoms with E-state index in [9.17, 15) is 14.4 Å². The number of para-hydroxylation sites is 2. The van der Waals surface area contributed by atoms with Crippen molar-refractivity contribution in [2.45, 2.75) is 6.10 Å². The lowest BCUT2D eigenvalue weighted by Crippen LogP contribution is -2.55. The number of fused-ring (bicyclic) bond motifs is 2. The minimum atomic E-state index is -0.707. The fraction of sp³-hybridized carbons (Fsp3) is 0.304. The summed E-state index contributed by atoms with van der Waals surface area (Å²) in [5, 5.41) is 5.21. The van der Waals surface area contributed by atoms with Crippen molar-refractivity contribution in [1.82, 2.24) is 19.6 Å². The first kappa shape index (κ1) is 20.0. The van der Waals surface area contributed by atoms with Crippen LogP contribution in [0.15, 0.2) is 53.3 Å². The van der Waals surface area contributed by atoms with Gasteiger partial charge in [0.25, 0.3) is 17.4 Å². The quantitative estimate of drug-likeness (QED) is 0.599. The number of carbonyl (C=O) groups is 2. The topological polar surface area (TPSA) is 94.0 Å². The average Bonchev–Trinajstić information content (AvgIpc) is 2.85. The minimum Gasteiger partial charge on any atom is -0.485 e. The van der Waals surface area contributed by atoms with E-state index in [0.29, 0.717) is 48.5 Å². The lowest BCUT2D eigenvalue weighted by atomic mass is 10.1. The number of carbonyl (C=O) groups excluding carboxylic acids is 2. The molecule has 3 aromatic rings. The predicted molar refractivity (Wildman–Crippen MR) is 116 cm³/mol. The molecule has 0 saturated carbocycles. The van der Waals surface area contributed by atoms with E-state index in [2.05, 4.69) is 5.10 Å². The van der Waals surface area contributed by atoms with Gasteiger partial charge in [0.1, 0.15) is 6.61 Å². The second kappa shape index (κ2) is 7.99. The fourth-order valence-corrected chi connectivity index (χ4v) is 4.08. The Hall–Kier alpha value is -3.88. The number of hydrogen-bond acceptors (Lipinski definition) is 6. The van der Waals surface area contributed by atoms with Crippen LogP contribution in [-0.2, 0) is 11.8 Å². The van der Waals surface area contributed by atoms with Gasteiger partial charge in [0.15, 0.2) is 17.2 Å². The minimum absolute atomic E-state index is 0.155. The molecule has 1 aromatic heterocycles. The zero-order chi connectivity index (χ0) is 22.2. The maximum absolute atomic E-state index is 13.2. The standard InChI is InChI=1S/C23H22N4O5/c1-25-21(28)16-7-3-2-6-15(16)20(24-25)23(30)27-12-10-26(11-13-27)22(29)19-14-31-17-8-4-5-9-18(17)32-19/h2-9,19H,10-14H2,1H3. The van der Waals surface area contributed by atoms with Gasteiger partial charge >= 0.3 is 0 Å². The van der Waals surface area contributed by atoms with Gasteiger partial charge in [-0.05, 0) is 18.2 Å². The molecule has 32 heavy (non-hydrogen) atoms. The van der Waals surface area contributed by atoms with Crippen LogP contribution in [0.3, 0.4) is 0 Å². The number of aryl methyl sites for hydroxylation is 1. The largest absolute Gasteiger partial charge is 0.485 e. The summed E-state index contributed by atoms with van der Waals surface area (Å²) in [6, 6.07) is 14.2. The number of nitrogens with zero attached hydrogens (tertiary/aromatic N) is 4. The van der Waals surface area contributed by atoms with Crippen LogP contribution < -0.4 is 15.0 Å². The monoisotopic (exact) mass is 434 g/mol. The van der Waals surface area contributed by atoms with E-state index in [1.807, 2.05) is 12.1 Å². The van der Waals surface area contributed by atoms with Gasteiger partial charge in [-0.3, -0.25) is 14.4 Å². The molecule has 9 heteroatoms. The van der Waals surface area contributed by atoms with Crippen LogP contribution in [0.1, 0.15) is 10.5 Å². The number of aromatic nitrogens is 2. The number of ether oxygens (including phenoxy) is 2. The molecule has 2 aliphatic heterocycles. The fourth-order valence-electron chi connectivity index (χ4n) is 4.08. The summed E-state index contributed by atoms with van der Waals surface area (Å²) in [7, 11) is 1.53. The molecular weight excluding hydrogens is 412 g/mol. The van der Waals surface area contributed by atoms with Crippen LogP contribution >= 0.6 is 0 Å². The van der Waals surface area contributed by atoms with Crippen LogP contribution in [0.4, 0.5) is 0 Å². The van der Waals surface area contributed by atoms with Crippen molar-refractivity contribution in [3.63, 3.8) is 0 Å². The third-order valence-electron chi connectivity index (χ3n) is 5.82. The summed E-state index contributed by atoms with van der Waals surface area (Å²) in [5.74, 6) is 0.773. The Morgan fingerprint density at radius 1 is 0.906 bits per heavy atom. The predicted octanol–water partition coefficient (Wildman–Crippen LogP) is 1.06. The van der Waals surface area contributed by atoms with E-state index < -0.39 is 6.10 Å². The Labute approximate surface area is 183 Å². The first-order valence-corrected chi connectivity index (χ1v) is 10.5. The van der Waals surface area contributed by atoms with Gasteiger partial charge in [0.05, 0.1) is 5.39 Å². The molecule has 0 N–H and O–H groups in total. The van der Waals surface area contributed by atoms with E-state index >= 15 is 0 Å². The molecular formula is C23H22N4O5. The van der Waals surface area contributed by atoms with E-state index in [1.165, 1.54) is 11.7 Å². The summed E-state index contributed by atoms with van der Waals surface area (Å²) in [6.07, 6.45) is -0.707. The molecule has 1 unspecified atom stereocenters. The highest BCUT2D eigenvalue weighted by Crippen LogP contribution is 2.31. The molecule has 0 spiro atoms. The maximum Gasteiger partial charge on any atom is 0.275 e. The van der Waals surface area contributed by atoms with Crippen molar-refractivity contribution in [1.29, 1.82) is 0 Å². The Morgan fingerprint density at radius 3 is 2.28 bits per heavy atom. The molecule has 2 aromatic carbocycles. The van der Waals surface area contributed by atoms with Crippen molar-refractivity contribution in [3.05, 3.63) is 64.6 Å². The normalized spacial score (nSPS) is 18.0. The van der Waals surface area contributed by atoms with Gasteiger partial charge in [-0.25, -0.2) is 4.68 Å². The van der Waals surface area contributed by atoms with Crippen molar-refractivity contribution in [2.75, 3.05) is 32.8 Å². The van der Waals surface area contributed by atoms with Crippen LogP contribution in [0.5, 0.6) is 11.5 Å². The van der Waals surface area contributed by atoms with E-state index in [1.54, 1.807) is 46.2 Å². The van der Waals surface area contributed by atoms with Gasteiger partial charge in [-0.15, -0.1) is 0 Å². The zero-order valence-corrected chi connectivity index (χ0v) is 17.6. The van der Waals surface area contributed by atoms with Crippen LogP contribution in [0, 0.1) is 0 Å². The van der Waals surface area contributed by atoms with E-state index in [4.69, 9.17) is 9.47 Å². The number of hydrogen-bond donors (Lipinski definition) is 0. The number of rotatable bonds is 2. The highest BCUT2D eigenvalue weighted by atomic mass is 16.6. The van der Waals surface area contributed by atoms with Gasteiger partial charge in [0.2, 0.25) is 6.10 Å². The summed E-state index contributed by atoms with van der Waals surface area (Å²) in [6.45, 7) is 1.66. The van der Waals surface area contributed by atoms with Gasteiger partial charge < -0.3 is 19.3 Å². The van der Waals surface area contributed by atoms with Gasteiger partial charge in [0, 0.05) is 38.6 Å². The summed E-state index contributed by atoms with van der Waals surface area (Å²) < 4.78 is 12.7. The molecule has 164 valence electrons. The molecule has 3 heterocycles. The highest BCUT2D eigenvalue weighted by molar-refractivity contribution is 6.04. The molecule has 2 aliphatic rings. The second-order valence-electron chi connectivity index (χ2n) is 7.80. The Morgan fingerprint density at radius 2 is 1.53 bits per heavy atom. The Balaban J connectivity index is 1.28. The third-order valence-corrected chi connectivity index (χ3v) is 5.82. The summed E-state index contributed by atoms with van der Waals surface area (Å²) in [4.78, 5) is 41.8. The third kappa shape index (κ3) is 3.45. The van der Waals surface area contributed by atoms with Crippen LogP contribution in [-0.4, -0.2) is 70.3 Å². The average molecular weight is 434 g/mol. The lowest BCUT2D eigenvalue weighted by molar-refractivity contribution is -0.142. The summed E-state index contributed by atoms with van der Waals surface area (Å²) >= 11 is 0. The number of benzene rings is 2. The molecule has 2 amide bonds. The maximum atomic E-state index is 13.2. The SMILES string of the molecule is Cn1nc(C(=O)N2CCN(C(=O)C3COc4ccccc4O3)CC2)c2ccccc2c1=O. The zero-order valence-electron chi connectivity index (χ0n) is 17.6. The molecule has 9 nitrogen and oxygen atoms in total. The first-order valence-electron chi connectivity index (χ1n) is 10.5. The molecule has 0 bridgehead atoms. The molecule has 1 fully saturated rings.